The van der Waals surface area contributed by atoms with Gasteiger partial charge in [0.2, 0.25) is 0 Å². The van der Waals surface area contributed by atoms with E-state index >= 15 is 0 Å². The van der Waals surface area contributed by atoms with Crippen molar-refractivity contribution in [3.05, 3.63) is 0 Å². The first kappa shape index (κ1) is 11.5. The van der Waals surface area contributed by atoms with Gasteiger partial charge in [-0.3, -0.25) is 5.32 Å². The van der Waals surface area contributed by atoms with E-state index in [1.807, 2.05) is 13.8 Å². The van der Waals surface area contributed by atoms with E-state index in [0.29, 0.717) is 0 Å². The fraction of sp³-hybridized carbons (Fsp3) is 0.909. The van der Waals surface area contributed by atoms with Crippen molar-refractivity contribution in [2.45, 2.75) is 38.6 Å². The lowest BCUT2D eigenvalue weighted by Crippen LogP contribution is -2.43. The summed E-state index contributed by atoms with van der Waals surface area (Å²) in [5, 5.41) is 12.3. The highest BCUT2D eigenvalue weighted by Gasteiger charge is 2.23. The van der Waals surface area contributed by atoms with Gasteiger partial charge in [-0.25, -0.2) is 0 Å². The van der Waals surface area contributed by atoms with Gasteiger partial charge in [-0.15, -0.1) is 0 Å². The van der Waals surface area contributed by atoms with Crippen molar-refractivity contribution in [2.24, 2.45) is 0 Å². The minimum atomic E-state index is -0.336. The Morgan fingerprint density at radius 1 is 1.43 bits per heavy atom. The Kier molecular flexibility index (Phi) is 4.37. The summed E-state index contributed by atoms with van der Waals surface area (Å²) in [6.45, 7) is 8.39. The zero-order chi connectivity index (χ0) is 10.4. The molecule has 0 amide bonds. The summed E-state index contributed by atoms with van der Waals surface area (Å²) in [5.74, 6) is 0. The monoisotopic (exact) mass is 195 g/mol. The average molecular weight is 195 g/mol. The topological polar surface area (TPSA) is 39.1 Å². The van der Waals surface area contributed by atoms with Crippen LogP contribution in [0.5, 0.6) is 0 Å². The lowest BCUT2D eigenvalue weighted by Gasteiger charge is -2.25. The molecule has 3 nitrogen and oxygen atoms in total. The second kappa shape index (κ2) is 5.33. The molecule has 0 spiro atoms. The number of rotatable bonds is 5. The molecule has 1 unspecified atom stereocenters. The van der Waals surface area contributed by atoms with Gasteiger partial charge in [-0.05, 0) is 45.8 Å². The van der Waals surface area contributed by atoms with Crippen LogP contribution in [-0.2, 0) is 0 Å². The summed E-state index contributed by atoms with van der Waals surface area (Å²) in [6.07, 6.45) is 3.58. The van der Waals surface area contributed by atoms with Crippen LogP contribution in [0.3, 0.4) is 0 Å². The molecular formula is C11H21N3. The third-order valence-corrected chi connectivity index (χ3v) is 2.94. The Labute approximate surface area is 87.1 Å². The van der Waals surface area contributed by atoms with E-state index in [-0.39, 0.29) is 5.54 Å². The first-order chi connectivity index (χ1) is 6.70. The quantitative estimate of drug-likeness (QED) is 0.720. The Morgan fingerprint density at radius 2 is 2.07 bits per heavy atom. The maximum Gasteiger partial charge on any atom is 0.105 e. The van der Waals surface area contributed by atoms with Crippen LogP contribution in [0.4, 0.5) is 0 Å². The van der Waals surface area contributed by atoms with E-state index < -0.39 is 0 Å². The average Bonchev–Trinajstić information content (AvgIpc) is 2.68. The smallest absolute Gasteiger partial charge is 0.105 e. The summed E-state index contributed by atoms with van der Waals surface area (Å²) >= 11 is 0. The molecule has 1 saturated heterocycles. The third kappa shape index (κ3) is 3.28. The lowest BCUT2D eigenvalue weighted by atomic mass is 10.00. The number of hydrogen-bond donors (Lipinski definition) is 1. The highest BCUT2D eigenvalue weighted by atomic mass is 15.1. The fourth-order valence-electron chi connectivity index (χ4n) is 1.96. The van der Waals surface area contributed by atoms with E-state index in [0.717, 1.165) is 19.5 Å². The minimum absolute atomic E-state index is 0.336. The van der Waals surface area contributed by atoms with Crippen molar-refractivity contribution in [3.63, 3.8) is 0 Å². The molecule has 1 rings (SSSR count). The molecule has 0 saturated carbocycles. The van der Waals surface area contributed by atoms with Crippen molar-refractivity contribution < 1.29 is 0 Å². The van der Waals surface area contributed by atoms with Crippen LogP contribution >= 0.6 is 0 Å². The van der Waals surface area contributed by atoms with Crippen molar-refractivity contribution in [1.82, 2.24) is 10.2 Å². The zero-order valence-corrected chi connectivity index (χ0v) is 9.34. The van der Waals surface area contributed by atoms with Crippen LogP contribution in [0.25, 0.3) is 0 Å². The standard InChI is InChI=1S/C11H21N3/c1-3-13-11(2,10-12)6-9-14-7-4-5-8-14/h13H,3-9H2,1-2H3. The van der Waals surface area contributed by atoms with Crippen molar-refractivity contribution in [1.29, 1.82) is 5.26 Å². The summed E-state index contributed by atoms with van der Waals surface area (Å²) in [7, 11) is 0. The van der Waals surface area contributed by atoms with Crippen molar-refractivity contribution in [2.75, 3.05) is 26.2 Å². The molecule has 1 heterocycles. The molecule has 80 valence electrons. The van der Waals surface area contributed by atoms with Gasteiger partial charge in [0.15, 0.2) is 0 Å². The molecule has 0 aromatic heterocycles. The molecule has 1 atom stereocenters. The molecule has 0 aliphatic carbocycles. The number of nitrogens with zero attached hydrogens (tertiary/aromatic N) is 2. The zero-order valence-electron chi connectivity index (χ0n) is 9.34. The van der Waals surface area contributed by atoms with E-state index in [9.17, 15) is 0 Å². The number of likely N-dealkylation sites (tertiary alicyclic amines) is 1. The predicted octanol–water partition coefficient (Wildman–Crippen LogP) is 1.36. The number of nitrogens with one attached hydrogen (secondary N) is 1. The van der Waals surface area contributed by atoms with Gasteiger partial charge < -0.3 is 4.90 Å². The van der Waals surface area contributed by atoms with E-state index in [2.05, 4.69) is 16.3 Å². The van der Waals surface area contributed by atoms with Crippen LogP contribution in [0.1, 0.15) is 33.1 Å². The molecule has 0 bridgehead atoms. The second-order valence-corrected chi connectivity index (χ2v) is 4.27. The first-order valence-corrected chi connectivity index (χ1v) is 5.59. The van der Waals surface area contributed by atoms with E-state index in [1.54, 1.807) is 0 Å². The van der Waals surface area contributed by atoms with Crippen molar-refractivity contribution in [3.8, 4) is 6.07 Å². The van der Waals surface area contributed by atoms with Gasteiger partial charge in [0.1, 0.15) is 5.54 Å². The van der Waals surface area contributed by atoms with Crippen LogP contribution in [0.2, 0.25) is 0 Å². The molecule has 1 N–H and O–H groups in total. The highest BCUT2D eigenvalue weighted by molar-refractivity contribution is 5.03. The summed E-state index contributed by atoms with van der Waals surface area (Å²) in [6, 6.07) is 2.37. The Morgan fingerprint density at radius 3 is 2.57 bits per heavy atom. The first-order valence-electron chi connectivity index (χ1n) is 5.59. The Bertz CT molecular complexity index is 203. The van der Waals surface area contributed by atoms with Crippen LogP contribution in [-0.4, -0.2) is 36.6 Å². The normalized spacial score (nSPS) is 21.8. The van der Waals surface area contributed by atoms with Crippen molar-refractivity contribution >= 4 is 0 Å². The maximum absolute atomic E-state index is 9.06. The SMILES string of the molecule is CCNC(C)(C#N)CCN1CCCC1. The van der Waals surface area contributed by atoms with Gasteiger partial charge in [-0.1, -0.05) is 6.92 Å². The molecule has 0 radical (unpaired) electrons. The Hall–Kier alpha value is -0.590. The Balaban J connectivity index is 2.29. The molecule has 1 aliphatic heterocycles. The molecule has 1 fully saturated rings. The van der Waals surface area contributed by atoms with Gasteiger partial charge in [0, 0.05) is 6.54 Å². The van der Waals surface area contributed by atoms with Gasteiger partial charge in [0.05, 0.1) is 6.07 Å². The van der Waals surface area contributed by atoms with Gasteiger partial charge in [-0.2, -0.15) is 5.26 Å². The number of hydrogen-bond acceptors (Lipinski definition) is 3. The molecule has 0 aromatic rings. The van der Waals surface area contributed by atoms with Crippen LogP contribution < -0.4 is 5.32 Å². The maximum atomic E-state index is 9.06. The molecule has 1 aliphatic rings. The fourth-order valence-corrected chi connectivity index (χ4v) is 1.96. The van der Waals surface area contributed by atoms with E-state index in [1.165, 1.54) is 25.9 Å². The predicted molar refractivity (Wildman–Crippen MR) is 58.0 cm³/mol. The highest BCUT2D eigenvalue weighted by Crippen LogP contribution is 2.13. The minimum Gasteiger partial charge on any atom is -0.303 e. The summed E-state index contributed by atoms with van der Waals surface area (Å²) < 4.78 is 0. The third-order valence-electron chi connectivity index (χ3n) is 2.94. The molecular weight excluding hydrogens is 174 g/mol. The summed E-state index contributed by atoms with van der Waals surface area (Å²) in [4.78, 5) is 2.45. The van der Waals surface area contributed by atoms with Crippen LogP contribution in [0.15, 0.2) is 0 Å². The van der Waals surface area contributed by atoms with Crippen LogP contribution in [0, 0.1) is 11.3 Å². The largest absolute Gasteiger partial charge is 0.303 e. The van der Waals surface area contributed by atoms with Gasteiger partial charge >= 0.3 is 0 Å². The lowest BCUT2D eigenvalue weighted by molar-refractivity contribution is 0.292. The molecule has 14 heavy (non-hydrogen) atoms. The number of nitriles is 1. The van der Waals surface area contributed by atoms with Gasteiger partial charge in [0.25, 0.3) is 0 Å². The summed E-state index contributed by atoms with van der Waals surface area (Å²) in [5.41, 5.74) is -0.336. The van der Waals surface area contributed by atoms with E-state index in [4.69, 9.17) is 5.26 Å². The molecule has 0 aromatic carbocycles. The molecule has 3 heteroatoms. The second-order valence-electron chi connectivity index (χ2n) is 4.27.